The molecule has 0 radical (unpaired) electrons. The number of nitriles is 1. The molecule has 0 spiro atoms. The summed E-state index contributed by atoms with van der Waals surface area (Å²) in [6.07, 6.45) is 1.87. The van der Waals surface area contributed by atoms with E-state index in [1.54, 1.807) is 6.07 Å². The van der Waals surface area contributed by atoms with Gasteiger partial charge in [-0.3, -0.25) is 0 Å². The van der Waals surface area contributed by atoms with Gasteiger partial charge in [-0.2, -0.15) is 5.26 Å². The smallest absolute Gasteiger partial charge is 0.338 e. The van der Waals surface area contributed by atoms with Gasteiger partial charge in [0.1, 0.15) is 0 Å². The highest BCUT2D eigenvalue weighted by Gasteiger charge is 2.08. The summed E-state index contributed by atoms with van der Waals surface area (Å²) in [6, 6.07) is 6.62. The number of anilines is 1. The fourth-order valence-corrected chi connectivity index (χ4v) is 1.53. The van der Waals surface area contributed by atoms with Crippen molar-refractivity contribution in [2.24, 2.45) is 0 Å². The number of nitrogen functional groups attached to an aromatic ring is 1. The Morgan fingerprint density at radius 1 is 1.41 bits per heavy atom. The van der Waals surface area contributed by atoms with Crippen molar-refractivity contribution < 1.29 is 9.53 Å². The van der Waals surface area contributed by atoms with Crippen LogP contribution in [0.4, 0.5) is 5.69 Å². The molecule has 0 atom stereocenters. The summed E-state index contributed by atoms with van der Waals surface area (Å²) >= 11 is 5.77. The van der Waals surface area contributed by atoms with Gasteiger partial charge in [-0.25, -0.2) is 4.79 Å². The van der Waals surface area contributed by atoms with E-state index in [1.165, 1.54) is 12.1 Å². The molecule has 0 aliphatic heterocycles. The van der Waals surface area contributed by atoms with Crippen LogP contribution in [0.25, 0.3) is 0 Å². The van der Waals surface area contributed by atoms with Crippen molar-refractivity contribution in [3.05, 3.63) is 28.8 Å². The second-order valence-electron chi connectivity index (χ2n) is 3.52. The lowest BCUT2D eigenvalue weighted by Gasteiger charge is -2.05. The zero-order chi connectivity index (χ0) is 12.7. The number of hydrogen-bond donors (Lipinski definition) is 1. The standard InChI is InChI=1S/C12H13ClN2O2/c13-10-6-9(7-11(15)8-10)12(16)17-5-3-1-2-4-14/h6-8H,1-3,5,15H2. The number of benzene rings is 1. The predicted molar refractivity (Wildman–Crippen MR) is 65.6 cm³/mol. The maximum atomic E-state index is 11.6. The van der Waals surface area contributed by atoms with Gasteiger partial charge in [0.15, 0.2) is 0 Å². The third-order valence-corrected chi connectivity index (χ3v) is 2.29. The summed E-state index contributed by atoms with van der Waals surface area (Å²) in [6.45, 7) is 0.299. The van der Waals surface area contributed by atoms with Gasteiger partial charge in [-0.1, -0.05) is 11.6 Å². The van der Waals surface area contributed by atoms with Crippen LogP contribution in [0.1, 0.15) is 29.6 Å². The maximum absolute atomic E-state index is 11.6. The molecule has 1 rings (SSSR count). The molecule has 0 fully saturated rings. The second-order valence-corrected chi connectivity index (χ2v) is 3.96. The Kier molecular flexibility index (Phi) is 5.31. The van der Waals surface area contributed by atoms with Gasteiger partial charge < -0.3 is 10.5 Å². The van der Waals surface area contributed by atoms with Gasteiger partial charge in [-0.05, 0) is 31.0 Å². The number of hydrogen-bond acceptors (Lipinski definition) is 4. The summed E-state index contributed by atoms with van der Waals surface area (Å²) < 4.78 is 5.02. The van der Waals surface area contributed by atoms with Crippen LogP contribution in [0, 0.1) is 11.3 Å². The van der Waals surface area contributed by atoms with Crippen LogP contribution in [0.3, 0.4) is 0 Å². The molecule has 0 aliphatic carbocycles. The van der Waals surface area contributed by atoms with E-state index in [0.29, 0.717) is 35.7 Å². The molecule has 5 heteroatoms. The summed E-state index contributed by atoms with van der Waals surface area (Å²) in [4.78, 5) is 11.6. The van der Waals surface area contributed by atoms with Crippen LogP contribution in [0.15, 0.2) is 18.2 Å². The molecular formula is C12H13ClN2O2. The highest BCUT2D eigenvalue weighted by molar-refractivity contribution is 6.31. The Morgan fingerprint density at radius 3 is 2.82 bits per heavy atom. The summed E-state index contributed by atoms with van der Waals surface area (Å²) in [5.41, 5.74) is 6.33. The van der Waals surface area contributed by atoms with Gasteiger partial charge in [0, 0.05) is 17.1 Å². The molecule has 2 N–H and O–H groups in total. The highest BCUT2D eigenvalue weighted by Crippen LogP contribution is 2.17. The first-order valence-electron chi connectivity index (χ1n) is 5.23. The van der Waals surface area contributed by atoms with Crippen LogP contribution >= 0.6 is 11.6 Å². The van der Waals surface area contributed by atoms with Crippen molar-refractivity contribution >= 4 is 23.3 Å². The molecule has 0 bridgehead atoms. The Hall–Kier alpha value is -1.73. The van der Waals surface area contributed by atoms with Gasteiger partial charge in [0.25, 0.3) is 0 Å². The lowest BCUT2D eigenvalue weighted by Crippen LogP contribution is -2.07. The van der Waals surface area contributed by atoms with Crippen LogP contribution in [-0.4, -0.2) is 12.6 Å². The largest absolute Gasteiger partial charge is 0.462 e. The van der Waals surface area contributed by atoms with Crippen LogP contribution in [0.2, 0.25) is 5.02 Å². The Labute approximate surface area is 105 Å². The molecule has 1 aromatic carbocycles. The molecule has 0 amide bonds. The van der Waals surface area contributed by atoms with Crippen molar-refractivity contribution in [2.75, 3.05) is 12.3 Å². The van der Waals surface area contributed by atoms with E-state index in [9.17, 15) is 4.79 Å². The number of carbonyl (C=O) groups excluding carboxylic acids is 1. The van der Waals surface area contributed by atoms with E-state index < -0.39 is 5.97 Å². The number of nitrogens with zero attached hydrogens (tertiary/aromatic N) is 1. The number of nitrogens with two attached hydrogens (primary N) is 1. The quantitative estimate of drug-likeness (QED) is 0.497. The Bertz CT molecular complexity index is 420. The van der Waals surface area contributed by atoms with E-state index >= 15 is 0 Å². The monoisotopic (exact) mass is 252 g/mol. The van der Waals surface area contributed by atoms with Crippen molar-refractivity contribution in [3.63, 3.8) is 0 Å². The topological polar surface area (TPSA) is 76.1 Å². The van der Waals surface area contributed by atoms with Crippen LogP contribution < -0.4 is 5.73 Å². The van der Waals surface area contributed by atoms with E-state index in [0.717, 1.165) is 6.42 Å². The predicted octanol–water partition coefficient (Wildman–Crippen LogP) is 2.77. The van der Waals surface area contributed by atoms with E-state index in [4.69, 9.17) is 27.3 Å². The molecule has 17 heavy (non-hydrogen) atoms. The third-order valence-electron chi connectivity index (χ3n) is 2.07. The van der Waals surface area contributed by atoms with Crippen molar-refractivity contribution in [3.8, 4) is 6.07 Å². The molecule has 0 heterocycles. The van der Waals surface area contributed by atoms with Crippen molar-refractivity contribution in [2.45, 2.75) is 19.3 Å². The molecular weight excluding hydrogens is 240 g/mol. The van der Waals surface area contributed by atoms with Gasteiger partial charge >= 0.3 is 5.97 Å². The zero-order valence-electron chi connectivity index (χ0n) is 9.28. The van der Waals surface area contributed by atoms with E-state index in [2.05, 4.69) is 0 Å². The molecule has 0 saturated heterocycles. The Balaban J connectivity index is 2.44. The first-order valence-corrected chi connectivity index (χ1v) is 5.61. The number of esters is 1. The van der Waals surface area contributed by atoms with Crippen molar-refractivity contribution in [1.29, 1.82) is 5.26 Å². The van der Waals surface area contributed by atoms with Gasteiger partial charge in [0.05, 0.1) is 18.2 Å². The first-order chi connectivity index (χ1) is 8.13. The fourth-order valence-electron chi connectivity index (χ4n) is 1.28. The summed E-state index contributed by atoms with van der Waals surface area (Å²) in [5, 5.41) is 8.73. The van der Waals surface area contributed by atoms with Crippen molar-refractivity contribution in [1.82, 2.24) is 0 Å². The molecule has 0 aliphatic rings. The molecule has 4 nitrogen and oxygen atoms in total. The molecule has 90 valence electrons. The Morgan fingerprint density at radius 2 is 2.18 bits per heavy atom. The number of rotatable bonds is 5. The molecule has 1 aromatic rings. The lowest BCUT2D eigenvalue weighted by molar-refractivity contribution is 0.0499. The van der Waals surface area contributed by atoms with Gasteiger partial charge in [0.2, 0.25) is 0 Å². The highest BCUT2D eigenvalue weighted by atomic mass is 35.5. The minimum Gasteiger partial charge on any atom is -0.462 e. The van der Waals surface area contributed by atoms with E-state index in [1.807, 2.05) is 6.07 Å². The number of ether oxygens (including phenoxy) is 1. The molecule has 0 saturated carbocycles. The normalized spacial score (nSPS) is 9.65. The fraction of sp³-hybridized carbons (Fsp3) is 0.333. The number of halogens is 1. The van der Waals surface area contributed by atoms with Crippen LogP contribution in [-0.2, 0) is 4.74 Å². The third kappa shape index (κ3) is 4.75. The average Bonchev–Trinajstić information content (AvgIpc) is 2.27. The minimum absolute atomic E-state index is 0.299. The number of unbranched alkanes of at least 4 members (excludes halogenated alkanes) is 2. The first kappa shape index (κ1) is 13.3. The zero-order valence-corrected chi connectivity index (χ0v) is 10.0. The number of carbonyl (C=O) groups is 1. The molecule has 0 unspecified atom stereocenters. The van der Waals surface area contributed by atoms with Crippen LogP contribution in [0.5, 0.6) is 0 Å². The van der Waals surface area contributed by atoms with E-state index in [-0.39, 0.29) is 0 Å². The minimum atomic E-state index is -0.448. The SMILES string of the molecule is N#CCCCCOC(=O)c1cc(N)cc(Cl)c1. The summed E-state index contributed by atoms with van der Waals surface area (Å²) in [5.74, 6) is -0.448. The lowest BCUT2D eigenvalue weighted by atomic mass is 10.2. The van der Waals surface area contributed by atoms with Gasteiger partial charge in [-0.15, -0.1) is 0 Å². The second kappa shape index (κ2) is 6.77. The molecule has 0 aromatic heterocycles. The average molecular weight is 253 g/mol. The summed E-state index contributed by atoms with van der Waals surface area (Å²) in [7, 11) is 0. The maximum Gasteiger partial charge on any atom is 0.338 e.